The minimum Gasteiger partial charge on any atom is -0.324 e. The number of hydrogen-bond acceptors (Lipinski definition) is 4. The molecule has 22 heavy (non-hydrogen) atoms. The normalized spacial score (nSPS) is 14.1. The molecule has 0 unspecified atom stereocenters. The van der Waals surface area contributed by atoms with Crippen LogP contribution in [0, 0.1) is 0 Å². The van der Waals surface area contributed by atoms with Crippen molar-refractivity contribution in [1.82, 2.24) is 14.8 Å². The number of aromatic amines is 1. The van der Waals surface area contributed by atoms with Crippen LogP contribution in [0.15, 0.2) is 28.2 Å². The van der Waals surface area contributed by atoms with Crippen molar-refractivity contribution in [2.45, 2.75) is 24.0 Å². The molecule has 1 fully saturated rings. The van der Waals surface area contributed by atoms with Gasteiger partial charge in [-0.15, -0.1) is 5.10 Å². The number of nitrogens with zero attached hydrogens (tertiary/aromatic N) is 2. The molecular weight excluding hydrogens is 347 g/mol. The average molecular weight is 359 g/mol. The fourth-order valence-electron chi connectivity index (χ4n) is 1.96. The van der Waals surface area contributed by atoms with Crippen LogP contribution < -0.4 is 11.0 Å². The Kier molecular flexibility index (Phi) is 4.46. The molecule has 0 bridgehead atoms. The summed E-state index contributed by atoms with van der Waals surface area (Å²) in [5.74, 6) is -0.119. The molecule has 116 valence electrons. The number of rotatable bonds is 5. The van der Waals surface area contributed by atoms with Crippen LogP contribution in [-0.2, 0) is 4.79 Å². The highest BCUT2D eigenvalue weighted by Crippen LogP contribution is 2.36. The molecule has 2 N–H and O–H groups in total. The van der Waals surface area contributed by atoms with E-state index in [9.17, 15) is 9.59 Å². The third kappa shape index (κ3) is 3.31. The van der Waals surface area contributed by atoms with Gasteiger partial charge in [-0.05, 0) is 25.0 Å². The van der Waals surface area contributed by atoms with Crippen LogP contribution in [0.1, 0.15) is 18.9 Å². The summed E-state index contributed by atoms with van der Waals surface area (Å²) >= 11 is 13.1. The first-order valence-corrected chi connectivity index (χ1v) is 8.34. The van der Waals surface area contributed by atoms with E-state index in [1.807, 2.05) is 0 Å². The predicted molar refractivity (Wildman–Crippen MR) is 86.9 cm³/mol. The molecule has 1 saturated carbocycles. The molecule has 1 aliphatic rings. The number of nitrogens with one attached hydrogen (secondary N) is 2. The van der Waals surface area contributed by atoms with E-state index in [0.29, 0.717) is 20.9 Å². The first-order valence-electron chi connectivity index (χ1n) is 6.60. The van der Waals surface area contributed by atoms with Crippen molar-refractivity contribution in [1.29, 1.82) is 0 Å². The molecule has 1 aromatic heterocycles. The fraction of sp³-hybridized carbons (Fsp3) is 0.308. The van der Waals surface area contributed by atoms with E-state index in [2.05, 4.69) is 15.5 Å². The van der Waals surface area contributed by atoms with Gasteiger partial charge in [-0.3, -0.25) is 9.36 Å². The Morgan fingerprint density at radius 2 is 2.23 bits per heavy atom. The monoisotopic (exact) mass is 358 g/mol. The SMILES string of the molecule is O=C(CSc1n[nH]c(=O)n1C1CC1)Nc1cccc(Cl)c1Cl. The number of amides is 1. The highest BCUT2D eigenvalue weighted by molar-refractivity contribution is 7.99. The van der Waals surface area contributed by atoms with Crippen molar-refractivity contribution < 1.29 is 4.79 Å². The lowest BCUT2D eigenvalue weighted by molar-refractivity contribution is -0.113. The number of benzene rings is 1. The molecule has 3 rings (SSSR count). The van der Waals surface area contributed by atoms with E-state index in [1.165, 1.54) is 11.8 Å². The van der Waals surface area contributed by atoms with E-state index in [-0.39, 0.29) is 23.4 Å². The lowest BCUT2D eigenvalue weighted by atomic mass is 10.3. The first kappa shape index (κ1) is 15.5. The summed E-state index contributed by atoms with van der Waals surface area (Å²) in [7, 11) is 0. The number of hydrogen-bond donors (Lipinski definition) is 2. The lowest BCUT2D eigenvalue weighted by Crippen LogP contribution is -2.18. The quantitative estimate of drug-likeness (QED) is 0.805. The van der Waals surface area contributed by atoms with Gasteiger partial charge in [0, 0.05) is 6.04 Å². The van der Waals surface area contributed by atoms with E-state index in [4.69, 9.17) is 23.2 Å². The van der Waals surface area contributed by atoms with Gasteiger partial charge in [-0.25, -0.2) is 9.89 Å². The second kappa shape index (κ2) is 6.36. The minimum atomic E-state index is -0.244. The van der Waals surface area contributed by atoms with Crippen molar-refractivity contribution in [2.75, 3.05) is 11.1 Å². The standard InChI is InChI=1S/C13H12Cl2N4O2S/c14-8-2-1-3-9(11(8)15)16-10(20)6-22-13-18-17-12(21)19(13)7-4-5-7/h1-3,7H,4-6H2,(H,16,20)(H,17,21). The second-order valence-corrected chi connectivity index (χ2v) is 6.58. The van der Waals surface area contributed by atoms with Gasteiger partial charge in [-0.1, -0.05) is 41.0 Å². The maximum absolute atomic E-state index is 12.0. The minimum absolute atomic E-state index is 0.125. The van der Waals surface area contributed by atoms with E-state index < -0.39 is 0 Å². The van der Waals surface area contributed by atoms with Crippen LogP contribution in [0.2, 0.25) is 10.0 Å². The molecular formula is C13H12Cl2N4O2S. The maximum atomic E-state index is 12.0. The molecule has 0 spiro atoms. The molecule has 0 aliphatic heterocycles. The molecule has 0 radical (unpaired) electrons. The summed E-state index contributed by atoms with van der Waals surface area (Å²) in [6.45, 7) is 0. The Balaban J connectivity index is 1.63. The number of halogens is 2. The number of anilines is 1. The first-order chi connectivity index (χ1) is 10.6. The number of carbonyl (C=O) groups is 1. The number of H-pyrrole nitrogens is 1. The highest BCUT2D eigenvalue weighted by Gasteiger charge is 2.28. The number of thioether (sulfide) groups is 1. The molecule has 1 amide bonds. The van der Waals surface area contributed by atoms with E-state index >= 15 is 0 Å². The van der Waals surface area contributed by atoms with Crippen LogP contribution in [0.5, 0.6) is 0 Å². The van der Waals surface area contributed by atoms with Gasteiger partial charge in [0.1, 0.15) is 0 Å². The maximum Gasteiger partial charge on any atom is 0.344 e. The van der Waals surface area contributed by atoms with Gasteiger partial charge in [0.2, 0.25) is 5.91 Å². The zero-order valence-electron chi connectivity index (χ0n) is 11.3. The molecule has 2 aromatic rings. The molecule has 0 saturated heterocycles. The zero-order chi connectivity index (χ0) is 15.7. The third-order valence-corrected chi connectivity index (χ3v) is 4.91. The topological polar surface area (TPSA) is 79.8 Å². The summed E-state index contributed by atoms with van der Waals surface area (Å²) in [4.78, 5) is 23.6. The third-order valence-electron chi connectivity index (χ3n) is 3.14. The van der Waals surface area contributed by atoms with Crippen molar-refractivity contribution in [3.05, 3.63) is 38.7 Å². The zero-order valence-corrected chi connectivity index (χ0v) is 13.6. The molecule has 0 atom stereocenters. The van der Waals surface area contributed by atoms with Gasteiger partial charge in [-0.2, -0.15) is 0 Å². The van der Waals surface area contributed by atoms with E-state index in [1.54, 1.807) is 22.8 Å². The van der Waals surface area contributed by atoms with Crippen molar-refractivity contribution in [3.63, 3.8) is 0 Å². The predicted octanol–water partition coefficient (Wildman–Crippen LogP) is 2.94. The van der Waals surface area contributed by atoms with Crippen LogP contribution >= 0.6 is 35.0 Å². The lowest BCUT2D eigenvalue weighted by Gasteiger charge is -2.08. The molecule has 1 aliphatic carbocycles. The van der Waals surface area contributed by atoms with Crippen molar-refractivity contribution in [3.8, 4) is 0 Å². The van der Waals surface area contributed by atoms with Gasteiger partial charge < -0.3 is 5.32 Å². The number of aromatic nitrogens is 3. The summed E-state index contributed by atoms with van der Waals surface area (Å²) in [5, 5.41) is 10.3. The van der Waals surface area contributed by atoms with Crippen LogP contribution in [-0.4, -0.2) is 26.4 Å². The average Bonchev–Trinajstić information content (AvgIpc) is 3.25. The van der Waals surface area contributed by atoms with Crippen molar-refractivity contribution in [2.24, 2.45) is 0 Å². The van der Waals surface area contributed by atoms with E-state index in [0.717, 1.165) is 12.8 Å². The molecule has 1 aromatic carbocycles. The summed E-state index contributed by atoms with van der Waals surface area (Å²) in [6.07, 6.45) is 1.94. The smallest absolute Gasteiger partial charge is 0.324 e. The van der Waals surface area contributed by atoms with Crippen LogP contribution in [0.4, 0.5) is 5.69 Å². The molecule has 6 nitrogen and oxygen atoms in total. The highest BCUT2D eigenvalue weighted by atomic mass is 35.5. The molecule has 1 heterocycles. The fourth-order valence-corrected chi connectivity index (χ4v) is 3.12. The summed E-state index contributed by atoms with van der Waals surface area (Å²) in [5.41, 5.74) is 0.227. The van der Waals surface area contributed by atoms with Crippen LogP contribution in [0.25, 0.3) is 0 Å². The Hall–Kier alpha value is -1.44. The Labute approximate surface area is 140 Å². The Morgan fingerprint density at radius 1 is 1.45 bits per heavy atom. The van der Waals surface area contributed by atoms with Gasteiger partial charge in [0.25, 0.3) is 0 Å². The Morgan fingerprint density at radius 3 is 2.95 bits per heavy atom. The van der Waals surface area contributed by atoms with Gasteiger partial charge >= 0.3 is 5.69 Å². The Bertz CT molecular complexity index is 770. The van der Waals surface area contributed by atoms with Crippen molar-refractivity contribution >= 4 is 46.6 Å². The second-order valence-electron chi connectivity index (χ2n) is 4.85. The largest absolute Gasteiger partial charge is 0.344 e. The van der Waals surface area contributed by atoms with Gasteiger partial charge in [0.05, 0.1) is 21.5 Å². The number of carbonyl (C=O) groups excluding carboxylic acids is 1. The summed E-state index contributed by atoms with van der Waals surface area (Å²) < 4.78 is 1.60. The molecule has 9 heteroatoms. The summed E-state index contributed by atoms with van der Waals surface area (Å²) in [6, 6.07) is 5.23. The van der Waals surface area contributed by atoms with Crippen LogP contribution in [0.3, 0.4) is 0 Å². The van der Waals surface area contributed by atoms with Gasteiger partial charge in [0.15, 0.2) is 5.16 Å².